The number of esters is 1. The van der Waals surface area contributed by atoms with Crippen LogP contribution < -0.4 is 4.90 Å². The van der Waals surface area contributed by atoms with Crippen molar-refractivity contribution in [2.75, 3.05) is 32.1 Å². The third-order valence-electron chi connectivity index (χ3n) is 7.50. The highest BCUT2D eigenvalue weighted by Gasteiger charge is 2.28. The smallest absolute Gasteiger partial charge is 0.330 e. The second-order valence-electron chi connectivity index (χ2n) is 10.2. The van der Waals surface area contributed by atoms with Crippen LogP contribution in [0.5, 0.6) is 0 Å². The van der Waals surface area contributed by atoms with E-state index in [-0.39, 0.29) is 11.8 Å². The lowest BCUT2D eigenvalue weighted by Crippen LogP contribution is -2.41. The van der Waals surface area contributed by atoms with Gasteiger partial charge in [0, 0.05) is 30.1 Å². The minimum absolute atomic E-state index is 0.0130. The number of hydrogen-bond donors (Lipinski definition) is 0. The van der Waals surface area contributed by atoms with E-state index in [1.165, 1.54) is 13.2 Å². The Morgan fingerprint density at radius 3 is 2.49 bits per heavy atom. The number of benzene rings is 3. The van der Waals surface area contributed by atoms with Gasteiger partial charge in [0.15, 0.2) is 0 Å². The number of ether oxygens (including phenoxy) is 1. The standard InChI is InChI=1S/C32H34N4O3/c1-34-17-15-26(16-18-34)32(38)36(29-6-4-5-23(19-29)9-14-31(37)39-3)22-24-7-10-25(11-8-24)27-12-13-30-28(20-27)21-33-35(30)2/h4-14,19-21,26H,15-18,22H2,1-3H3. The maximum atomic E-state index is 13.9. The first kappa shape index (κ1) is 26.4. The third-order valence-corrected chi connectivity index (χ3v) is 7.50. The van der Waals surface area contributed by atoms with E-state index in [0.29, 0.717) is 6.54 Å². The van der Waals surface area contributed by atoms with E-state index in [1.807, 2.05) is 47.1 Å². The van der Waals surface area contributed by atoms with E-state index < -0.39 is 5.97 Å². The molecule has 4 aromatic rings. The Morgan fingerprint density at radius 2 is 1.74 bits per heavy atom. The Bertz CT molecular complexity index is 1500. The van der Waals surface area contributed by atoms with Gasteiger partial charge in [-0.05, 0) is 85.6 Å². The Balaban J connectivity index is 1.41. The molecule has 1 aliphatic heterocycles. The second-order valence-corrected chi connectivity index (χ2v) is 10.2. The molecule has 200 valence electrons. The number of piperidine rings is 1. The zero-order chi connectivity index (χ0) is 27.4. The number of likely N-dealkylation sites (tertiary alicyclic amines) is 1. The molecule has 0 N–H and O–H groups in total. The lowest BCUT2D eigenvalue weighted by molar-refractivity contribution is -0.134. The molecule has 39 heavy (non-hydrogen) atoms. The number of carbonyl (C=O) groups excluding carboxylic acids is 2. The highest BCUT2D eigenvalue weighted by atomic mass is 16.5. The first-order chi connectivity index (χ1) is 18.9. The summed E-state index contributed by atoms with van der Waals surface area (Å²) in [7, 11) is 5.40. The van der Waals surface area contributed by atoms with Crippen LogP contribution in [0.15, 0.2) is 79.0 Å². The average molecular weight is 523 g/mol. The van der Waals surface area contributed by atoms with Crippen molar-refractivity contribution >= 4 is 34.5 Å². The third kappa shape index (κ3) is 6.10. The van der Waals surface area contributed by atoms with Crippen LogP contribution in [0.3, 0.4) is 0 Å². The molecule has 1 aliphatic rings. The van der Waals surface area contributed by atoms with Gasteiger partial charge in [-0.15, -0.1) is 0 Å². The molecule has 3 aromatic carbocycles. The van der Waals surface area contributed by atoms with Crippen LogP contribution in [-0.4, -0.2) is 53.8 Å². The molecule has 7 heteroatoms. The lowest BCUT2D eigenvalue weighted by atomic mass is 9.95. The van der Waals surface area contributed by atoms with Crippen LogP contribution in [0, 0.1) is 5.92 Å². The Hall–Kier alpha value is -4.23. The number of carbonyl (C=O) groups is 2. The Morgan fingerprint density at radius 1 is 1.00 bits per heavy atom. The highest BCUT2D eigenvalue weighted by molar-refractivity contribution is 5.95. The zero-order valence-corrected chi connectivity index (χ0v) is 22.7. The molecule has 0 radical (unpaired) electrons. The number of aromatic nitrogens is 2. The fraction of sp³-hybridized carbons (Fsp3) is 0.281. The van der Waals surface area contributed by atoms with E-state index in [0.717, 1.165) is 64.8 Å². The van der Waals surface area contributed by atoms with Gasteiger partial charge in [0.2, 0.25) is 5.91 Å². The summed E-state index contributed by atoms with van der Waals surface area (Å²) in [6, 6.07) is 22.5. The van der Waals surface area contributed by atoms with Gasteiger partial charge in [-0.1, -0.05) is 42.5 Å². The molecule has 5 rings (SSSR count). The van der Waals surface area contributed by atoms with Gasteiger partial charge in [0.25, 0.3) is 0 Å². The summed E-state index contributed by atoms with van der Waals surface area (Å²) in [5.41, 5.74) is 6.05. The van der Waals surface area contributed by atoms with Crippen LogP contribution in [0.25, 0.3) is 28.1 Å². The van der Waals surface area contributed by atoms with Gasteiger partial charge in [-0.3, -0.25) is 9.48 Å². The molecule has 0 atom stereocenters. The summed E-state index contributed by atoms with van der Waals surface area (Å²) in [5, 5.41) is 5.45. The van der Waals surface area contributed by atoms with Gasteiger partial charge in [-0.25, -0.2) is 4.79 Å². The van der Waals surface area contributed by atoms with Crippen molar-refractivity contribution in [1.29, 1.82) is 0 Å². The molecule has 0 saturated carbocycles. The summed E-state index contributed by atoms with van der Waals surface area (Å²) in [4.78, 5) is 29.6. The van der Waals surface area contributed by atoms with Gasteiger partial charge >= 0.3 is 5.97 Å². The van der Waals surface area contributed by atoms with Crippen molar-refractivity contribution in [2.24, 2.45) is 13.0 Å². The molecule has 0 bridgehead atoms. The molecular weight excluding hydrogens is 488 g/mol. The number of methoxy groups -OCH3 is 1. The first-order valence-electron chi connectivity index (χ1n) is 13.3. The minimum atomic E-state index is -0.414. The maximum absolute atomic E-state index is 13.9. The number of amides is 1. The molecule has 7 nitrogen and oxygen atoms in total. The van der Waals surface area contributed by atoms with E-state index in [1.54, 1.807) is 6.08 Å². The molecule has 1 aromatic heterocycles. The zero-order valence-electron chi connectivity index (χ0n) is 22.7. The number of fused-ring (bicyclic) bond motifs is 1. The van der Waals surface area contributed by atoms with Crippen molar-refractivity contribution in [3.8, 4) is 11.1 Å². The van der Waals surface area contributed by atoms with E-state index in [4.69, 9.17) is 4.74 Å². The quantitative estimate of drug-likeness (QED) is 0.243. The molecule has 0 spiro atoms. The summed E-state index contributed by atoms with van der Waals surface area (Å²) < 4.78 is 6.59. The molecular formula is C32H34N4O3. The van der Waals surface area contributed by atoms with E-state index >= 15 is 0 Å². The Labute approximate surface area is 229 Å². The van der Waals surface area contributed by atoms with Crippen LogP contribution in [0.4, 0.5) is 5.69 Å². The molecule has 1 saturated heterocycles. The normalized spacial score (nSPS) is 14.6. The fourth-order valence-corrected chi connectivity index (χ4v) is 5.13. The number of hydrogen-bond acceptors (Lipinski definition) is 5. The van der Waals surface area contributed by atoms with Crippen molar-refractivity contribution in [2.45, 2.75) is 19.4 Å². The summed E-state index contributed by atoms with van der Waals surface area (Å²) >= 11 is 0. The second kappa shape index (κ2) is 11.7. The topological polar surface area (TPSA) is 67.7 Å². The maximum Gasteiger partial charge on any atom is 0.330 e. The van der Waals surface area contributed by atoms with Crippen LogP contribution >= 0.6 is 0 Å². The van der Waals surface area contributed by atoms with E-state index in [2.05, 4.69) is 59.5 Å². The predicted octanol–water partition coefficient (Wildman–Crippen LogP) is 5.30. The number of rotatable bonds is 7. The van der Waals surface area contributed by atoms with Gasteiger partial charge in [0.05, 0.1) is 25.4 Å². The van der Waals surface area contributed by atoms with Crippen LogP contribution in [0.1, 0.15) is 24.0 Å². The highest BCUT2D eigenvalue weighted by Crippen LogP contribution is 2.28. The summed E-state index contributed by atoms with van der Waals surface area (Å²) in [5.74, 6) is -0.285. The average Bonchev–Trinajstić information content (AvgIpc) is 3.35. The van der Waals surface area contributed by atoms with Gasteiger partial charge in [-0.2, -0.15) is 5.10 Å². The van der Waals surface area contributed by atoms with Crippen LogP contribution in [0.2, 0.25) is 0 Å². The SMILES string of the molecule is COC(=O)C=Cc1cccc(N(Cc2ccc(-c3ccc4c(cnn4C)c3)cc2)C(=O)C2CCN(C)CC2)c1. The molecule has 0 aliphatic carbocycles. The molecule has 0 unspecified atom stereocenters. The summed E-state index contributed by atoms with van der Waals surface area (Å²) in [6.07, 6.45) is 6.69. The van der Waals surface area contributed by atoms with Crippen molar-refractivity contribution in [1.82, 2.24) is 14.7 Å². The molecule has 2 heterocycles. The van der Waals surface area contributed by atoms with Crippen molar-refractivity contribution in [3.63, 3.8) is 0 Å². The summed E-state index contributed by atoms with van der Waals surface area (Å²) in [6.45, 7) is 2.31. The predicted molar refractivity (Wildman–Crippen MR) is 155 cm³/mol. The monoisotopic (exact) mass is 522 g/mol. The lowest BCUT2D eigenvalue weighted by Gasteiger charge is -2.33. The number of aryl methyl sites for hydroxylation is 1. The number of nitrogens with zero attached hydrogens (tertiary/aromatic N) is 4. The van der Waals surface area contributed by atoms with Crippen molar-refractivity contribution in [3.05, 3.63) is 90.1 Å². The van der Waals surface area contributed by atoms with Crippen molar-refractivity contribution < 1.29 is 14.3 Å². The van der Waals surface area contributed by atoms with Crippen LogP contribution in [-0.2, 0) is 27.9 Å². The van der Waals surface area contributed by atoms with Gasteiger partial charge < -0.3 is 14.5 Å². The Kier molecular flexibility index (Phi) is 7.89. The minimum Gasteiger partial charge on any atom is -0.466 e. The first-order valence-corrected chi connectivity index (χ1v) is 13.3. The fourth-order valence-electron chi connectivity index (χ4n) is 5.13. The molecule has 1 fully saturated rings. The number of anilines is 1. The van der Waals surface area contributed by atoms with Gasteiger partial charge in [0.1, 0.15) is 0 Å². The largest absolute Gasteiger partial charge is 0.466 e. The molecule has 1 amide bonds. The van der Waals surface area contributed by atoms with E-state index in [9.17, 15) is 9.59 Å².